The molecule has 98 valence electrons. The Morgan fingerprint density at radius 2 is 1.33 bits per heavy atom. The lowest BCUT2D eigenvalue weighted by Gasteiger charge is -2.34. The molecule has 0 unspecified atom stereocenters. The van der Waals surface area contributed by atoms with Crippen molar-refractivity contribution in [2.24, 2.45) is 0 Å². The van der Waals surface area contributed by atoms with E-state index >= 15 is 0 Å². The van der Waals surface area contributed by atoms with Gasteiger partial charge in [-0.1, -0.05) is 60.7 Å². The van der Waals surface area contributed by atoms with Crippen LogP contribution in [-0.2, 0) is 6.32 Å². The molecule has 0 fully saturated rings. The van der Waals surface area contributed by atoms with Crippen LogP contribution in [0.2, 0.25) is 0 Å². The van der Waals surface area contributed by atoms with E-state index in [-0.39, 0.29) is 0 Å². The highest BCUT2D eigenvalue weighted by molar-refractivity contribution is 6.81. The summed E-state index contributed by atoms with van der Waals surface area (Å²) in [5.74, 6) is 0. The zero-order valence-corrected chi connectivity index (χ0v) is 11.7. The van der Waals surface area contributed by atoms with Crippen LogP contribution in [-0.4, -0.2) is 6.85 Å². The Balaban J connectivity index is 1.85. The van der Waals surface area contributed by atoms with Gasteiger partial charge in [-0.05, 0) is 35.0 Å². The van der Waals surface area contributed by atoms with E-state index in [2.05, 4.69) is 77.6 Å². The molecule has 0 N–H and O–H groups in total. The minimum absolute atomic E-state index is 0.438. The fourth-order valence-corrected chi connectivity index (χ4v) is 3.88. The molecule has 0 spiro atoms. The number of fused-ring (bicyclic) bond motifs is 8. The number of hydrogen-bond donors (Lipinski definition) is 0. The number of rotatable bonds is 0. The van der Waals surface area contributed by atoms with Crippen LogP contribution in [0.4, 0.5) is 11.4 Å². The van der Waals surface area contributed by atoms with Gasteiger partial charge in [0.05, 0.1) is 0 Å². The van der Waals surface area contributed by atoms with Gasteiger partial charge in [0.2, 0.25) is 0 Å². The van der Waals surface area contributed by atoms with Crippen molar-refractivity contribution in [1.29, 1.82) is 0 Å². The van der Waals surface area contributed by atoms with Crippen LogP contribution in [0, 0.1) is 0 Å². The second kappa shape index (κ2) is 4.01. The van der Waals surface area contributed by atoms with E-state index in [1.165, 1.54) is 33.5 Å². The van der Waals surface area contributed by atoms with Crippen LogP contribution in [0.1, 0.15) is 5.56 Å². The molecule has 0 radical (unpaired) electrons. The molecule has 2 heteroatoms. The van der Waals surface area contributed by atoms with Gasteiger partial charge in [0.1, 0.15) is 0 Å². The Bertz CT molecular complexity index is 855. The van der Waals surface area contributed by atoms with Gasteiger partial charge in [0.25, 0.3) is 6.85 Å². The van der Waals surface area contributed by atoms with E-state index in [0.29, 0.717) is 6.85 Å². The summed E-state index contributed by atoms with van der Waals surface area (Å²) in [5, 5.41) is 0. The smallest absolute Gasteiger partial charge is 0.299 e. The Morgan fingerprint density at radius 3 is 2.24 bits per heavy atom. The number of hydrogen-bond acceptors (Lipinski definition) is 1. The maximum absolute atomic E-state index is 2.52. The third kappa shape index (κ3) is 1.42. The molecule has 0 aliphatic carbocycles. The van der Waals surface area contributed by atoms with Crippen molar-refractivity contribution in [2.45, 2.75) is 6.32 Å². The van der Waals surface area contributed by atoms with E-state index in [1.54, 1.807) is 0 Å². The number of para-hydroxylation sites is 2. The second-order valence-electron chi connectivity index (χ2n) is 5.82. The molecule has 0 amide bonds. The molecule has 5 rings (SSSR count). The van der Waals surface area contributed by atoms with Crippen molar-refractivity contribution >= 4 is 23.7 Å². The topological polar surface area (TPSA) is 3.24 Å². The summed E-state index contributed by atoms with van der Waals surface area (Å²) in [6.07, 6.45) is 1.10. The van der Waals surface area contributed by atoms with Gasteiger partial charge in [-0.2, -0.15) is 0 Å². The standard InChI is InChI=1S/C19H14BN/c1-5-11-18-14(7-1)13-20-17-10-4-2-8-15(17)16-9-3-6-12-19(16)21(18)20/h1-12H,13H2. The van der Waals surface area contributed by atoms with Crippen LogP contribution >= 0.6 is 0 Å². The Kier molecular flexibility index (Phi) is 2.14. The summed E-state index contributed by atoms with van der Waals surface area (Å²) in [6.45, 7) is 0.438. The minimum Gasteiger partial charge on any atom is -0.380 e. The molecular weight excluding hydrogens is 253 g/mol. The van der Waals surface area contributed by atoms with Crippen molar-refractivity contribution in [3.05, 3.63) is 78.4 Å². The average molecular weight is 267 g/mol. The van der Waals surface area contributed by atoms with E-state index in [4.69, 9.17) is 0 Å². The number of benzene rings is 3. The quantitative estimate of drug-likeness (QED) is 0.560. The fourth-order valence-electron chi connectivity index (χ4n) is 3.88. The van der Waals surface area contributed by atoms with Crippen LogP contribution in [0.15, 0.2) is 72.8 Å². The third-order valence-corrected chi connectivity index (χ3v) is 4.75. The van der Waals surface area contributed by atoms with Crippen molar-refractivity contribution in [3.8, 4) is 11.1 Å². The molecule has 21 heavy (non-hydrogen) atoms. The highest BCUT2D eigenvalue weighted by atomic mass is 15.1. The minimum atomic E-state index is 0.438. The van der Waals surface area contributed by atoms with Gasteiger partial charge in [-0.15, -0.1) is 0 Å². The van der Waals surface area contributed by atoms with Crippen LogP contribution < -0.4 is 10.3 Å². The predicted octanol–water partition coefficient (Wildman–Crippen LogP) is 3.80. The third-order valence-electron chi connectivity index (χ3n) is 4.75. The number of anilines is 2. The molecule has 0 atom stereocenters. The summed E-state index contributed by atoms with van der Waals surface area (Å²) in [5.41, 5.74) is 8.35. The highest BCUT2D eigenvalue weighted by Gasteiger charge is 2.40. The predicted molar refractivity (Wildman–Crippen MR) is 89.6 cm³/mol. The Morgan fingerprint density at radius 1 is 0.667 bits per heavy atom. The molecule has 2 heterocycles. The normalized spacial score (nSPS) is 14.3. The van der Waals surface area contributed by atoms with E-state index in [0.717, 1.165) is 6.32 Å². The molecular formula is C19H14BN. The first-order valence-corrected chi connectivity index (χ1v) is 7.49. The highest BCUT2D eigenvalue weighted by Crippen LogP contribution is 2.44. The second-order valence-corrected chi connectivity index (χ2v) is 5.82. The SMILES string of the molecule is c1ccc2c(c1)CB1c3ccccc3-c3ccccc3N12. The molecule has 3 aromatic carbocycles. The lowest BCUT2D eigenvalue weighted by atomic mass is 9.49. The zero-order chi connectivity index (χ0) is 13.8. The first-order chi connectivity index (χ1) is 10.4. The van der Waals surface area contributed by atoms with Gasteiger partial charge in [0, 0.05) is 16.9 Å². The summed E-state index contributed by atoms with van der Waals surface area (Å²) < 4.78 is 0. The van der Waals surface area contributed by atoms with Gasteiger partial charge in [-0.25, -0.2) is 0 Å². The first kappa shape index (κ1) is 11.2. The summed E-state index contributed by atoms with van der Waals surface area (Å²) in [4.78, 5) is 2.52. The van der Waals surface area contributed by atoms with Gasteiger partial charge in [-0.3, -0.25) is 0 Å². The molecule has 0 saturated carbocycles. The van der Waals surface area contributed by atoms with Gasteiger partial charge >= 0.3 is 0 Å². The molecule has 0 saturated heterocycles. The van der Waals surface area contributed by atoms with Crippen molar-refractivity contribution in [3.63, 3.8) is 0 Å². The first-order valence-electron chi connectivity index (χ1n) is 7.49. The average Bonchev–Trinajstić information content (AvgIpc) is 2.95. The summed E-state index contributed by atoms with van der Waals surface area (Å²) in [7, 11) is 0. The molecule has 1 nitrogen and oxygen atoms in total. The van der Waals surface area contributed by atoms with E-state index in [1.807, 2.05) is 0 Å². The summed E-state index contributed by atoms with van der Waals surface area (Å²) in [6, 6.07) is 26.4. The number of nitrogens with zero attached hydrogens (tertiary/aromatic N) is 1. The van der Waals surface area contributed by atoms with Crippen LogP contribution in [0.25, 0.3) is 11.1 Å². The van der Waals surface area contributed by atoms with Crippen molar-refractivity contribution in [1.82, 2.24) is 0 Å². The fraction of sp³-hybridized carbons (Fsp3) is 0.0526. The molecule has 0 aromatic heterocycles. The van der Waals surface area contributed by atoms with E-state index < -0.39 is 0 Å². The van der Waals surface area contributed by atoms with Crippen LogP contribution in [0.5, 0.6) is 0 Å². The van der Waals surface area contributed by atoms with Gasteiger partial charge in [0.15, 0.2) is 0 Å². The monoisotopic (exact) mass is 267 g/mol. The lowest BCUT2D eigenvalue weighted by Crippen LogP contribution is -2.47. The van der Waals surface area contributed by atoms with Gasteiger partial charge < -0.3 is 4.81 Å². The zero-order valence-electron chi connectivity index (χ0n) is 11.7. The maximum Gasteiger partial charge on any atom is 0.299 e. The van der Waals surface area contributed by atoms with E-state index in [9.17, 15) is 0 Å². The molecule has 2 aliphatic heterocycles. The molecule has 0 bridgehead atoms. The Hall–Kier alpha value is -2.48. The summed E-state index contributed by atoms with van der Waals surface area (Å²) >= 11 is 0. The lowest BCUT2D eigenvalue weighted by molar-refractivity contribution is 1.39. The van der Waals surface area contributed by atoms with Crippen molar-refractivity contribution < 1.29 is 0 Å². The molecule has 3 aromatic rings. The largest absolute Gasteiger partial charge is 0.380 e. The van der Waals surface area contributed by atoms with Crippen molar-refractivity contribution in [2.75, 3.05) is 4.81 Å². The maximum atomic E-state index is 2.52. The van der Waals surface area contributed by atoms with Crippen LogP contribution in [0.3, 0.4) is 0 Å². The molecule has 2 aliphatic rings. The Labute approximate surface area is 125 Å².